The summed E-state index contributed by atoms with van der Waals surface area (Å²) in [5.41, 5.74) is -0.452. The Bertz CT molecular complexity index is 852. The topological polar surface area (TPSA) is 50.6 Å². The molecule has 0 saturated carbocycles. The van der Waals surface area contributed by atoms with Gasteiger partial charge in [-0.25, -0.2) is 4.68 Å². The van der Waals surface area contributed by atoms with Crippen LogP contribution in [-0.2, 0) is 12.9 Å². The van der Waals surface area contributed by atoms with E-state index in [9.17, 15) is 18.0 Å². The SMILES string of the molecule is O=C(c1ccn(COc2cccc(C(F)(F)F)c2)n1)N1CCN2CCCC2C1. The summed E-state index contributed by atoms with van der Waals surface area (Å²) in [6.07, 6.45) is -0.544. The molecule has 3 heterocycles. The van der Waals surface area contributed by atoms with Crippen LogP contribution in [0, 0.1) is 0 Å². The van der Waals surface area contributed by atoms with Crippen LogP contribution in [-0.4, -0.2) is 57.7 Å². The van der Waals surface area contributed by atoms with E-state index in [0.717, 1.165) is 31.6 Å². The molecule has 0 bridgehead atoms. The second-order valence-electron chi connectivity index (χ2n) is 7.12. The standard InChI is InChI=1S/C19H21F3N4O2/c20-19(21,22)14-3-1-5-16(11-14)28-13-26-8-6-17(23-26)18(27)25-10-9-24-7-2-4-15(24)12-25/h1,3,5-6,8,11,15H,2,4,7,9-10,12-13H2. The van der Waals surface area contributed by atoms with Gasteiger partial charge in [-0.1, -0.05) is 6.07 Å². The highest BCUT2D eigenvalue weighted by molar-refractivity contribution is 5.92. The first-order valence-electron chi connectivity index (χ1n) is 9.27. The first-order valence-corrected chi connectivity index (χ1v) is 9.27. The van der Waals surface area contributed by atoms with Crippen molar-refractivity contribution < 1.29 is 22.7 Å². The molecule has 0 aliphatic carbocycles. The molecule has 0 spiro atoms. The van der Waals surface area contributed by atoms with Crippen LogP contribution in [0.5, 0.6) is 5.75 Å². The Morgan fingerprint density at radius 2 is 2.07 bits per heavy atom. The minimum absolute atomic E-state index is 0.0784. The molecule has 1 amide bonds. The summed E-state index contributed by atoms with van der Waals surface area (Å²) in [7, 11) is 0. The van der Waals surface area contributed by atoms with Gasteiger partial charge in [-0.05, 0) is 43.7 Å². The van der Waals surface area contributed by atoms with Crippen molar-refractivity contribution in [2.75, 3.05) is 26.2 Å². The first kappa shape index (κ1) is 18.8. The molecule has 2 saturated heterocycles. The van der Waals surface area contributed by atoms with E-state index >= 15 is 0 Å². The van der Waals surface area contributed by atoms with Gasteiger partial charge in [-0.3, -0.25) is 9.69 Å². The van der Waals surface area contributed by atoms with Crippen LogP contribution in [0.1, 0.15) is 28.9 Å². The molecule has 1 unspecified atom stereocenters. The Morgan fingerprint density at radius 1 is 1.21 bits per heavy atom. The van der Waals surface area contributed by atoms with Gasteiger partial charge in [-0.2, -0.15) is 18.3 Å². The van der Waals surface area contributed by atoms with Crippen LogP contribution < -0.4 is 4.74 Å². The molecule has 0 radical (unpaired) electrons. The maximum absolute atomic E-state index is 12.8. The van der Waals surface area contributed by atoms with E-state index in [0.29, 0.717) is 24.8 Å². The number of rotatable bonds is 4. The van der Waals surface area contributed by atoms with E-state index in [2.05, 4.69) is 10.00 Å². The van der Waals surface area contributed by atoms with Gasteiger partial charge in [0.2, 0.25) is 0 Å². The lowest BCUT2D eigenvalue weighted by atomic mass is 10.1. The smallest absolute Gasteiger partial charge is 0.416 e. The van der Waals surface area contributed by atoms with Crippen molar-refractivity contribution >= 4 is 5.91 Å². The number of piperazine rings is 1. The monoisotopic (exact) mass is 394 g/mol. The number of nitrogens with zero attached hydrogens (tertiary/aromatic N) is 4. The highest BCUT2D eigenvalue weighted by Crippen LogP contribution is 2.31. The minimum atomic E-state index is -4.42. The second kappa shape index (κ2) is 7.46. The lowest BCUT2D eigenvalue weighted by Gasteiger charge is -2.37. The van der Waals surface area contributed by atoms with Gasteiger partial charge in [0.05, 0.1) is 5.56 Å². The Balaban J connectivity index is 1.36. The third-order valence-electron chi connectivity index (χ3n) is 5.26. The predicted molar refractivity (Wildman–Crippen MR) is 94.8 cm³/mol. The van der Waals surface area contributed by atoms with E-state index in [1.807, 2.05) is 4.90 Å². The zero-order valence-electron chi connectivity index (χ0n) is 15.2. The number of halogens is 3. The van der Waals surface area contributed by atoms with Gasteiger partial charge >= 0.3 is 6.18 Å². The van der Waals surface area contributed by atoms with E-state index in [-0.39, 0.29) is 18.4 Å². The maximum Gasteiger partial charge on any atom is 0.416 e. The number of hydrogen-bond acceptors (Lipinski definition) is 4. The Labute approximate surface area is 160 Å². The Hall–Kier alpha value is -2.55. The molecular formula is C19H21F3N4O2. The number of fused-ring (bicyclic) bond motifs is 1. The molecule has 150 valence electrons. The molecular weight excluding hydrogens is 373 g/mol. The largest absolute Gasteiger partial charge is 0.471 e. The quantitative estimate of drug-likeness (QED) is 0.800. The molecule has 2 fully saturated rings. The molecule has 1 atom stereocenters. The summed E-state index contributed by atoms with van der Waals surface area (Å²) in [5, 5.41) is 4.22. The van der Waals surface area contributed by atoms with Crippen molar-refractivity contribution in [2.45, 2.75) is 31.8 Å². The van der Waals surface area contributed by atoms with Crippen LogP contribution >= 0.6 is 0 Å². The molecule has 1 aromatic carbocycles. The highest BCUT2D eigenvalue weighted by Gasteiger charge is 2.33. The zero-order valence-corrected chi connectivity index (χ0v) is 15.2. The first-order chi connectivity index (χ1) is 13.4. The molecule has 0 N–H and O–H groups in total. The third-order valence-corrected chi connectivity index (χ3v) is 5.26. The number of aromatic nitrogens is 2. The van der Waals surface area contributed by atoms with Crippen molar-refractivity contribution in [3.8, 4) is 5.75 Å². The summed E-state index contributed by atoms with van der Waals surface area (Å²) in [6, 6.07) is 6.71. The van der Waals surface area contributed by atoms with Gasteiger partial charge in [0.1, 0.15) is 5.75 Å². The van der Waals surface area contributed by atoms with Crippen molar-refractivity contribution in [2.24, 2.45) is 0 Å². The van der Waals surface area contributed by atoms with E-state index in [4.69, 9.17) is 4.74 Å². The van der Waals surface area contributed by atoms with Crippen molar-refractivity contribution in [3.05, 3.63) is 47.8 Å². The van der Waals surface area contributed by atoms with Crippen LogP contribution in [0.2, 0.25) is 0 Å². The molecule has 9 heteroatoms. The molecule has 28 heavy (non-hydrogen) atoms. The number of alkyl halides is 3. The minimum Gasteiger partial charge on any atom is -0.471 e. The van der Waals surface area contributed by atoms with Crippen LogP contribution in [0.3, 0.4) is 0 Å². The van der Waals surface area contributed by atoms with Crippen LogP contribution in [0.25, 0.3) is 0 Å². The lowest BCUT2D eigenvalue weighted by Crippen LogP contribution is -2.52. The second-order valence-corrected chi connectivity index (χ2v) is 7.12. The summed E-state index contributed by atoms with van der Waals surface area (Å²) < 4.78 is 45.1. The van der Waals surface area contributed by atoms with Gasteiger partial charge in [0.15, 0.2) is 12.4 Å². The fourth-order valence-corrected chi connectivity index (χ4v) is 3.79. The summed E-state index contributed by atoms with van der Waals surface area (Å²) in [6.45, 7) is 3.31. The molecule has 6 nitrogen and oxygen atoms in total. The number of hydrogen-bond donors (Lipinski definition) is 0. The Kier molecular flexibility index (Phi) is 5.01. The van der Waals surface area contributed by atoms with Crippen molar-refractivity contribution in [1.82, 2.24) is 19.6 Å². The third kappa shape index (κ3) is 3.99. The number of carbonyl (C=O) groups is 1. The van der Waals surface area contributed by atoms with E-state index in [1.54, 1.807) is 12.3 Å². The fraction of sp³-hybridized carbons (Fsp3) is 0.474. The summed E-state index contributed by atoms with van der Waals surface area (Å²) in [4.78, 5) is 16.9. The van der Waals surface area contributed by atoms with E-state index in [1.165, 1.54) is 23.2 Å². The number of carbonyl (C=O) groups excluding carboxylic acids is 1. The molecule has 2 aliphatic heterocycles. The molecule has 1 aromatic heterocycles. The molecule has 2 aliphatic rings. The maximum atomic E-state index is 12.8. The Morgan fingerprint density at radius 3 is 2.89 bits per heavy atom. The molecule has 2 aromatic rings. The van der Waals surface area contributed by atoms with Crippen LogP contribution in [0.15, 0.2) is 36.5 Å². The van der Waals surface area contributed by atoms with Crippen LogP contribution in [0.4, 0.5) is 13.2 Å². The number of benzene rings is 1. The van der Waals surface area contributed by atoms with Gasteiger partial charge in [0, 0.05) is 31.9 Å². The number of amides is 1. The summed E-state index contributed by atoms with van der Waals surface area (Å²) >= 11 is 0. The number of ether oxygens (including phenoxy) is 1. The van der Waals surface area contributed by atoms with E-state index < -0.39 is 11.7 Å². The predicted octanol–water partition coefficient (Wildman–Crippen LogP) is 2.86. The average molecular weight is 394 g/mol. The van der Waals surface area contributed by atoms with Gasteiger partial charge < -0.3 is 9.64 Å². The van der Waals surface area contributed by atoms with Gasteiger partial charge in [-0.15, -0.1) is 0 Å². The normalized spacial score (nSPS) is 20.2. The van der Waals surface area contributed by atoms with Crippen molar-refractivity contribution in [3.63, 3.8) is 0 Å². The summed E-state index contributed by atoms with van der Waals surface area (Å²) in [5.74, 6) is -0.0278. The highest BCUT2D eigenvalue weighted by atomic mass is 19.4. The zero-order chi connectivity index (χ0) is 19.7. The van der Waals surface area contributed by atoms with Gasteiger partial charge in [0.25, 0.3) is 5.91 Å². The average Bonchev–Trinajstić information content (AvgIpc) is 3.34. The van der Waals surface area contributed by atoms with Crippen molar-refractivity contribution in [1.29, 1.82) is 0 Å². The fourth-order valence-electron chi connectivity index (χ4n) is 3.79. The lowest BCUT2D eigenvalue weighted by molar-refractivity contribution is -0.137. The molecule has 4 rings (SSSR count).